The highest BCUT2D eigenvalue weighted by atomic mass is 35.5. The number of fused-ring (bicyclic) bond motifs is 1. The predicted octanol–water partition coefficient (Wildman–Crippen LogP) is 5.45. The topological polar surface area (TPSA) is 96.9 Å². The number of hydrazone groups is 1. The van der Waals surface area contributed by atoms with Crippen LogP contribution in [-0.4, -0.2) is 24.0 Å². The van der Waals surface area contributed by atoms with Crippen molar-refractivity contribution in [3.05, 3.63) is 106 Å². The van der Waals surface area contributed by atoms with Gasteiger partial charge in [0.15, 0.2) is 0 Å². The van der Waals surface area contributed by atoms with E-state index < -0.39 is 17.8 Å². The molecule has 4 rings (SSSR count). The standard InChI is InChI=1S/C26H17Cl2N3O4/c27-18-10-13-22(28)23(14-18)30-24(32)25(33)31-29-15-16-8-11-19(12-9-16)35-26(34)21-7-3-5-17-4-1-2-6-20(17)21/h1-15H,(H,30,32)(H,31,33). The van der Waals surface area contributed by atoms with Gasteiger partial charge in [-0.1, -0.05) is 59.6 Å². The first-order valence-corrected chi connectivity index (χ1v) is 11.1. The Bertz CT molecular complexity index is 1450. The Hall–Kier alpha value is -4.20. The quantitative estimate of drug-likeness (QED) is 0.124. The van der Waals surface area contributed by atoms with Gasteiger partial charge < -0.3 is 10.1 Å². The lowest BCUT2D eigenvalue weighted by Crippen LogP contribution is -2.32. The van der Waals surface area contributed by atoms with E-state index in [1.165, 1.54) is 18.3 Å². The van der Waals surface area contributed by atoms with Crippen LogP contribution in [0.5, 0.6) is 5.75 Å². The van der Waals surface area contributed by atoms with Crippen LogP contribution in [0.15, 0.2) is 90.0 Å². The molecule has 174 valence electrons. The van der Waals surface area contributed by atoms with Crippen molar-refractivity contribution in [1.29, 1.82) is 0 Å². The molecule has 4 aromatic carbocycles. The van der Waals surface area contributed by atoms with Crippen LogP contribution in [0.25, 0.3) is 10.8 Å². The number of nitrogens with zero attached hydrogens (tertiary/aromatic N) is 1. The lowest BCUT2D eigenvalue weighted by Gasteiger charge is -2.07. The summed E-state index contributed by atoms with van der Waals surface area (Å²) in [5.74, 6) is -2.07. The fourth-order valence-corrected chi connectivity index (χ4v) is 3.51. The average molecular weight is 506 g/mol. The molecule has 0 saturated heterocycles. The number of hydrogen-bond acceptors (Lipinski definition) is 5. The summed E-state index contributed by atoms with van der Waals surface area (Å²) in [6.07, 6.45) is 1.34. The highest BCUT2D eigenvalue weighted by Crippen LogP contribution is 2.25. The fourth-order valence-electron chi connectivity index (χ4n) is 3.18. The van der Waals surface area contributed by atoms with Crippen molar-refractivity contribution in [3.8, 4) is 5.75 Å². The van der Waals surface area contributed by atoms with Gasteiger partial charge in [0, 0.05) is 5.02 Å². The van der Waals surface area contributed by atoms with E-state index in [4.69, 9.17) is 27.9 Å². The number of carbonyl (C=O) groups is 3. The Morgan fingerprint density at radius 3 is 2.37 bits per heavy atom. The van der Waals surface area contributed by atoms with E-state index in [1.807, 2.05) is 30.3 Å². The summed E-state index contributed by atoms with van der Waals surface area (Å²) < 4.78 is 5.49. The minimum absolute atomic E-state index is 0.205. The maximum Gasteiger partial charge on any atom is 0.344 e. The lowest BCUT2D eigenvalue weighted by molar-refractivity contribution is -0.136. The van der Waals surface area contributed by atoms with Crippen LogP contribution in [0, 0.1) is 0 Å². The Morgan fingerprint density at radius 2 is 1.57 bits per heavy atom. The fraction of sp³-hybridized carbons (Fsp3) is 0. The van der Waals surface area contributed by atoms with Gasteiger partial charge in [-0.2, -0.15) is 5.10 Å². The van der Waals surface area contributed by atoms with Crippen molar-refractivity contribution in [3.63, 3.8) is 0 Å². The SMILES string of the molecule is O=C(NN=Cc1ccc(OC(=O)c2cccc3ccccc23)cc1)C(=O)Nc1cc(Cl)ccc1Cl. The summed E-state index contributed by atoms with van der Waals surface area (Å²) in [4.78, 5) is 36.6. The smallest absolute Gasteiger partial charge is 0.344 e. The minimum Gasteiger partial charge on any atom is -0.423 e. The molecule has 2 N–H and O–H groups in total. The number of nitrogens with one attached hydrogen (secondary N) is 2. The molecule has 35 heavy (non-hydrogen) atoms. The van der Waals surface area contributed by atoms with Gasteiger partial charge in [-0.25, -0.2) is 10.2 Å². The molecule has 0 fully saturated rings. The van der Waals surface area contributed by atoms with Gasteiger partial charge in [0.1, 0.15) is 5.75 Å². The molecule has 0 aliphatic heterocycles. The van der Waals surface area contributed by atoms with Crippen LogP contribution in [0.3, 0.4) is 0 Å². The molecule has 0 aromatic heterocycles. The maximum absolute atomic E-state index is 12.6. The van der Waals surface area contributed by atoms with E-state index in [0.717, 1.165) is 10.8 Å². The molecule has 2 amide bonds. The minimum atomic E-state index is -0.988. The van der Waals surface area contributed by atoms with Crippen LogP contribution >= 0.6 is 23.2 Å². The number of esters is 1. The first kappa shape index (κ1) is 23.9. The Balaban J connectivity index is 1.33. The third-order valence-electron chi connectivity index (χ3n) is 4.86. The summed E-state index contributed by atoms with van der Waals surface area (Å²) in [5, 5.41) is 8.47. The molecule has 0 heterocycles. The predicted molar refractivity (Wildman–Crippen MR) is 136 cm³/mol. The number of benzene rings is 4. The van der Waals surface area contributed by atoms with Crippen LogP contribution < -0.4 is 15.5 Å². The van der Waals surface area contributed by atoms with Crippen LogP contribution in [0.4, 0.5) is 5.69 Å². The van der Waals surface area contributed by atoms with Crippen molar-refractivity contribution >= 4 is 63.7 Å². The number of ether oxygens (including phenoxy) is 1. The zero-order chi connectivity index (χ0) is 24.8. The first-order chi connectivity index (χ1) is 16.9. The largest absolute Gasteiger partial charge is 0.423 e. The Morgan fingerprint density at radius 1 is 0.829 bits per heavy atom. The summed E-state index contributed by atoms with van der Waals surface area (Å²) >= 11 is 11.8. The van der Waals surface area contributed by atoms with Gasteiger partial charge in [0.2, 0.25) is 0 Å². The van der Waals surface area contributed by atoms with E-state index in [0.29, 0.717) is 21.9 Å². The molecule has 0 aliphatic rings. The third-order valence-corrected chi connectivity index (χ3v) is 5.43. The molecule has 0 spiro atoms. The molecule has 0 unspecified atom stereocenters. The van der Waals surface area contributed by atoms with E-state index in [9.17, 15) is 14.4 Å². The molecular formula is C26H17Cl2N3O4. The molecule has 0 atom stereocenters. The average Bonchev–Trinajstić information content (AvgIpc) is 2.86. The normalized spacial score (nSPS) is 10.8. The number of anilines is 1. The van der Waals surface area contributed by atoms with E-state index >= 15 is 0 Å². The van der Waals surface area contributed by atoms with Crippen LogP contribution in [0.1, 0.15) is 15.9 Å². The van der Waals surface area contributed by atoms with Gasteiger partial charge >= 0.3 is 17.8 Å². The van der Waals surface area contributed by atoms with Crippen molar-refractivity contribution in [2.45, 2.75) is 0 Å². The number of amides is 2. The summed E-state index contributed by atoms with van der Waals surface area (Å²) in [5.41, 5.74) is 3.40. The third kappa shape index (κ3) is 6.03. The van der Waals surface area contributed by atoms with E-state index in [2.05, 4.69) is 15.8 Å². The molecule has 7 nitrogen and oxygen atoms in total. The van der Waals surface area contributed by atoms with E-state index in [-0.39, 0.29) is 10.7 Å². The molecule has 0 aliphatic carbocycles. The second kappa shape index (κ2) is 10.8. The number of hydrogen-bond donors (Lipinski definition) is 2. The summed E-state index contributed by atoms with van der Waals surface area (Å²) in [6.45, 7) is 0. The Kier molecular flexibility index (Phi) is 7.40. The Labute approximate surface area is 210 Å². The van der Waals surface area contributed by atoms with Gasteiger partial charge in [-0.05, 0) is 64.9 Å². The second-order valence-electron chi connectivity index (χ2n) is 7.26. The number of carbonyl (C=O) groups excluding carboxylic acids is 3. The van der Waals surface area contributed by atoms with E-state index in [1.54, 1.807) is 42.5 Å². The van der Waals surface area contributed by atoms with Crippen LogP contribution in [0.2, 0.25) is 10.0 Å². The molecule has 9 heteroatoms. The van der Waals surface area contributed by atoms with Crippen molar-refractivity contribution < 1.29 is 19.1 Å². The molecule has 0 bridgehead atoms. The lowest BCUT2D eigenvalue weighted by atomic mass is 10.0. The highest BCUT2D eigenvalue weighted by molar-refractivity contribution is 6.42. The molecule has 0 saturated carbocycles. The van der Waals surface area contributed by atoms with Gasteiger partial charge in [-0.3, -0.25) is 9.59 Å². The highest BCUT2D eigenvalue weighted by Gasteiger charge is 2.15. The summed E-state index contributed by atoms with van der Waals surface area (Å²) in [6, 6.07) is 24.0. The zero-order valence-corrected chi connectivity index (χ0v) is 19.5. The number of rotatable bonds is 5. The second-order valence-corrected chi connectivity index (χ2v) is 8.11. The zero-order valence-electron chi connectivity index (χ0n) is 18.0. The van der Waals surface area contributed by atoms with Crippen molar-refractivity contribution in [2.24, 2.45) is 5.10 Å². The molecular weight excluding hydrogens is 489 g/mol. The van der Waals surface area contributed by atoms with Crippen molar-refractivity contribution in [1.82, 2.24) is 5.43 Å². The van der Waals surface area contributed by atoms with Gasteiger partial charge in [-0.15, -0.1) is 0 Å². The monoisotopic (exact) mass is 505 g/mol. The molecule has 4 aromatic rings. The van der Waals surface area contributed by atoms with Crippen LogP contribution in [-0.2, 0) is 9.59 Å². The number of halogens is 2. The molecule has 0 radical (unpaired) electrons. The summed E-state index contributed by atoms with van der Waals surface area (Å²) in [7, 11) is 0. The van der Waals surface area contributed by atoms with Crippen molar-refractivity contribution in [2.75, 3.05) is 5.32 Å². The first-order valence-electron chi connectivity index (χ1n) is 10.3. The maximum atomic E-state index is 12.6. The van der Waals surface area contributed by atoms with Gasteiger partial charge in [0.25, 0.3) is 0 Å². The van der Waals surface area contributed by atoms with Gasteiger partial charge in [0.05, 0.1) is 22.5 Å².